The van der Waals surface area contributed by atoms with Crippen molar-refractivity contribution in [3.8, 4) is 5.69 Å². The highest BCUT2D eigenvalue weighted by atomic mass is 32.2. The molecule has 170 valence electrons. The second-order valence-electron chi connectivity index (χ2n) is 8.25. The van der Waals surface area contributed by atoms with Gasteiger partial charge in [-0.2, -0.15) is 5.10 Å². The van der Waals surface area contributed by atoms with Crippen LogP contribution in [0.5, 0.6) is 0 Å². The highest BCUT2D eigenvalue weighted by molar-refractivity contribution is 7.89. The van der Waals surface area contributed by atoms with E-state index in [2.05, 4.69) is 16.1 Å². The van der Waals surface area contributed by atoms with E-state index in [9.17, 15) is 12.8 Å². The highest BCUT2D eigenvalue weighted by Gasteiger charge is 2.22. The van der Waals surface area contributed by atoms with Crippen molar-refractivity contribution in [2.24, 2.45) is 5.14 Å². The Hall–Kier alpha value is -2.59. The topological polar surface area (TPSA) is 90.4 Å². The number of hydrogen-bond acceptors (Lipinski definition) is 5. The lowest BCUT2D eigenvalue weighted by atomic mass is 10.1. The maximum atomic E-state index is 15.0. The van der Waals surface area contributed by atoms with Crippen molar-refractivity contribution >= 4 is 10.0 Å². The maximum absolute atomic E-state index is 15.0. The fourth-order valence-electron chi connectivity index (χ4n) is 4.02. The minimum absolute atomic E-state index is 0.0474. The molecule has 1 aliphatic rings. The Morgan fingerprint density at radius 3 is 2.72 bits per heavy atom. The van der Waals surface area contributed by atoms with Crippen LogP contribution in [-0.4, -0.2) is 43.0 Å². The van der Waals surface area contributed by atoms with Crippen molar-refractivity contribution in [2.75, 3.05) is 13.7 Å². The number of rotatable bonds is 7. The number of halogens is 1. The molecular formula is C23H27FN4O3S. The van der Waals surface area contributed by atoms with E-state index in [1.54, 1.807) is 4.68 Å². The van der Waals surface area contributed by atoms with Crippen molar-refractivity contribution in [2.45, 2.75) is 43.9 Å². The first-order valence-electron chi connectivity index (χ1n) is 10.5. The normalized spacial score (nSPS) is 16.7. The van der Waals surface area contributed by atoms with E-state index in [0.717, 1.165) is 48.0 Å². The summed E-state index contributed by atoms with van der Waals surface area (Å²) < 4.78 is 45.4. The predicted octanol–water partition coefficient (Wildman–Crippen LogP) is 3.13. The Kier molecular flexibility index (Phi) is 6.43. The summed E-state index contributed by atoms with van der Waals surface area (Å²) in [5.41, 5.74) is 3.96. The van der Waals surface area contributed by atoms with Crippen molar-refractivity contribution < 1.29 is 17.5 Å². The summed E-state index contributed by atoms with van der Waals surface area (Å²) in [6.45, 7) is 3.33. The average molecular weight is 459 g/mol. The summed E-state index contributed by atoms with van der Waals surface area (Å²) in [5, 5.41) is 9.81. The molecule has 4 rings (SSSR count). The van der Waals surface area contributed by atoms with Crippen LogP contribution in [0.25, 0.3) is 5.69 Å². The van der Waals surface area contributed by atoms with Crippen molar-refractivity contribution in [3.05, 3.63) is 76.9 Å². The molecule has 32 heavy (non-hydrogen) atoms. The standard InChI is InChI=1S/C23H27FN4O3S/c1-16-5-3-6-17(11-16)12-19-13-18(15-27(2)23-7-4-10-31-23)26-28(19)22-9-8-20(14-21(22)24)32(25,29)30/h3,5-6,8-9,11,13-14,23H,4,7,10,12,15H2,1-2H3,(H2,25,29,30). The van der Waals surface area contributed by atoms with Gasteiger partial charge >= 0.3 is 0 Å². The Bertz CT molecular complexity index is 1220. The van der Waals surface area contributed by atoms with Gasteiger partial charge in [0.05, 0.1) is 10.6 Å². The van der Waals surface area contributed by atoms with Gasteiger partial charge < -0.3 is 4.74 Å². The van der Waals surface area contributed by atoms with E-state index in [4.69, 9.17) is 9.88 Å². The van der Waals surface area contributed by atoms with Gasteiger partial charge in [0.2, 0.25) is 10.0 Å². The molecule has 0 spiro atoms. The Morgan fingerprint density at radius 2 is 2.06 bits per heavy atom. The monoisotopic (exact) mass is 458 g/mol. The van der Waals surface area contributed by atoms with Crippen LogP contribution in [0.15, 0.2) is 53.4 Å². The molecule has 0 aliphatic carbocycles. The summed E-state index contributed by atoms with van der Waals surface area (Å²) in [6.07, 6.45) is 2.60. The molecular weight excluding hydrogens is 431 g/mol. The second-order valence-corrected chi connectivity index (χ2v) is 9.81. The summed E-state index contributed by atoms with van der Waals surface area (Å²) in [7, 11) is -2.02. The molecule has 0 amide bonds. The largest absolute Gasteiger partial charge is 0.363 e. The number of nitrogens with zero attached hydrogens (tertiary/aromatic N) is 3. The lowest BCUT2D eigenvalue weighted by Crippen LogP contribution is -2.30. The average Bonchev–Trinajstić information content (AvgIpc) is 3.38. The van der Waals surface area contributed by atoms with Gasteiger partial charge in [-0.1, -0.05) is 29.8 Å². The highest BCUT2D eigenvalue weighted by Crippen LogP contribution is 2.23. The summed E-state index contributed by atoms with van der Waals surface area (Å²) >= 11 is 0. The molecule has 3 aromatic rings. The number of ether oxygens (including phenoxy) is 1. The van der Waals surface area contributed by atoms with Gasteiger partial charge in [-0.15, -0.1) is 0 Å². The molecule has 1 fully saturated rings. The number of sulfonamides is 1. The van der Waals surface area contributed by atoms with Crippen LogP contribution in [0, 0.1) is 12.7 Å². The molecule has 1 atom stereocenters. The molecule has 0 bridgehead atoms. The van der Waals surface area contributed by atoms with Gasteiger partial charge in [0.15, 0.2) is 0 Å². The Labute approximate surface area is 187 Å². The van der Waals surface area contributed by atoms with Crippen LogP contribution in [-0.2, 0) is 27.7 Å². The van der Waals surface area contributed by atoms with Crippen LogP contribution in [0.3, 0.4) is 0 Å². The van der Waals surface area contributed by atoms with E-state index in [-0.39, 0.29) is 16.8 Å². The van der Waals surface area contributed by atoms with Crippen LogP contribution in [0.4, 0.5) is 4.39 Å². The fraction of sp³-hybridized carbons (Fsp3) is 0.348. The van der Waals surface area contributed by atoms with Crippen LogP contribution in [0.1, 0.15) is 35.4 Å². The van der Waals surface area contributed by atoms with E-state index >= 15 is 0 Å². The molecule has 2 N–H and O–H groups in total. The summed E-state index contributed by atoms with van der Waals surface area (Å²) in [5.74, 6) is -0.704. The molecule has 2 aromatic carbocycles. The first-order valence-corrected chi connectivity index (χ1v) is 12.0. The van der Waals surface area contributed by atoms with Gasteiger partial charge in [-0.3, -0.25) is 4.90 Å². The van der Waals surface area contributed by atoms with Gasteiger partial charge in [0.25, 0.3) is 0 Å². The zero-order chi connectivity index (χ0) is 22.9. The lowest BCUT2D eigenvalue weighted by Gasteiger charge is -2.22. The quantitative estimate of drug-likeness (QED) is 0.588. The smallest absolute Gasteiger partial charge is 0.238 e. The van der Waals surface area contributed by atoms with Crippen LogP contribution < -0.4 is 5.14 Å². The summed E-state index contributed by atoms with van der Waals surface area (Å²) in [6, 6.07) is 13.7. The SMILES string of the molecule is Cc1cccc(Cc2cc(CN(C)C3CCCO3)nn2-c2ccc(S(N)(=O)=O)cc2F)c1. The molecule has 1 unspecified atom stereocenters. The van der Waals surface area contributed by atoms with E-state index < -0.39 is 15.8 Å². The van der Waals surface area contributed by atoms with E-state index in [1.165, 1.54) is 12.1 Å². The number of nitrogens with two attached hydrogens (primary N) is 1. The molecule has 1 aliphatic heterocycles. The third kappa shape index (κ3) is 5.07. The minimum Gasteiger partial charge on any atom is -0.363 e. The van der Waals surface area contributed by atoms with Crippen LogP contribution >= 0.6 is 0 Å². The van der Waals surface area contributed by atoms with Crippen molar-refractivity contribution in [1.29, 1.82) is 0 Å². The third-order valence-electron chi connectivity index (χ3n) is 5.59. The zero-order valence-electron chi connectivity index (χ0n) is 18.2. The van der Waals surface area contributed by atoms with Crippen molar-refractivity contribution in [1.82, 2.24) is 14.7 Å². The first-order chi connectivity index (χ1) is 15.2. The predicted molar refractivity (Wildman–Crippen MR) is 119 cm³/mol. The van der Waals surface area contributed by atoms with Crippen LogP contribution in [0.2, 0.25) is 0 Å². The van der Waals surface area contributed by atoms with E-state index in [1.807, 2.05) is 38.2 Å². The zero-order valence-corrected chi connectivity index (χ0v) is 19.0. The van der Waals surface area contributed by atoms with E-state index in [0.29, 0.717) is 13.0 Å². The Morgan fingerprint density at radius 1 is 1.25 bits per heavy atom. The fourth-order valence-corrected chi connectivity index (χ4v) is 4.55. The second kappa shape index (κ2) is 9.11. The number of hydrogen-bond donors (Lipinski definition) is 1. The van der Waals surface area contributed by atoms with Gasteiger partial charge in [0, 0.05) is 25.3 Å². The number of aromatic nitrogens is 2. The number of benzene rings is 2. The van der Waals surface area contributed by atoms with Gasteiger partial charge in [-0.25, -0.2) is 22.6 Å². The molecule has 0 saturated carbocycles. The summed E-state index contributed by atoms with van der Waals surface area (Å²) in [4.78, 5) is 1.82. The maximum Gasteiger partial charge on any atom is 0.238 e. The number of primary sulfonamides is 1. The molecule has 2 heterocycles. The molecule has 1 aromatic heterocycles. The molecule has 1 saturated heterocycles. The van der Waals surface area contributed by atoms with Crippen molar-refractivity contribution in [3.63, 3.8) is 0 Å². The first kappa shape index (κ1) is 22.6. The van der Waals surface area contributed by atoms with Gasteiger partial charge in [-0.05, 0) is 56.6 Å². The molecule has 0 radical (unpaired) electrons. The molecule has 9 heteroatoms. The Balaban J connectivity index is 1.71. The lowest BCUT2D eigenvalue weighted by molar-refractivity contribution is -0.00977. The third-order valence-corrected chi connectivity index (χ3v) is 6.50. The minimum atomic E-state index is -4.00. The van der Waals surface area contributed by atoms with Gasteiger partial charge in [0.1, 0.15) is 17.7 Å². The molecule has 7 nitrogen and oxygen atoms in total. The number of aryl methyl sites for hydroxylation is 1.